The summed E-state index contributed by atoms with van der Waals surface area (Å²) in [7, 11) is 0. The molecule has 2 rings (SSSR count). The van der Waals surface area contributed by atoms with Crippen LogP contribution in [0.15, 0.2) is 29.3 Å². The molecule has 0 fully saturated rings. The summed E-state index contributed by atoms with van der Waals surface area (Å²) in [5, 5.41) is 31.1. The molecular weight excluding hydrogens is 266 g/mol. The monoisotopic (exact) mass is 287 g/mol. The Kier molecular flexibility index (Phi) is 5.04. The first-order chi connectivity index (χ1) is 10.2. The highest BCUT2D eigenvalue weighted by Crippen LogP contribution is 2.48. The summed E-state index contributed by atoms with van der Waals surface area (Å²) in [5.41, 5.74) is 0.0293. The summed E-state index contributed by atoms with van der Waals surface area (Å²) in [6.07, 6.45) is 7.01. The van der Waals surface area contributed by atoms with Gasteiger partial charge < -0.3 is 15.3 Å². The average Bonchev–Trinajstić information content (AvgIpc) is 2.51. The third-order valence-corrected chi connectivity index (χ3v) is 3.52. The molecule has 2 aromatic rings. The van der Waals surface area contributed by atoms with Gasteiger partial charge in [0.1, 0.15) is 0 Å². The number of hydrogen-bond donors (Lipinski definition) is 3. The van der Waals surface area contributed by atoms with Crippen LogP contribution in [0.4, 0.5) is 5.69 Å². The van der Waals surface area contributed by atoms with Crippen molar-refractivity contribution in [1.82, 2.24) is 0 Å². The van der Waals surface area contributed by atoms with E-state index in [2.05, 4.69) is 11.9 Å². The molecule has 0 unspecified atom stereocenters. The van der Waals surface area contributed by atoms with E-state index >= 15 is 0 Å². The summed E-state index contributed by atoms with van der Waals surface area (Å²) in [6, 6.07) is 6.82. The predicted octanol–water partition coefficient (Wildman–Crippen LogP) is 4.63. The summed E-state index contributed by atoms with van der Waals surface area (Å²) in [5.74, 6) is -0.733. The third kappa shape index (κ3) is 3.27. The molecule has 0 aliphatic carbocycles. The van der Waals surface area contributed by atoms with E-state index in [1.165, 1.54) is 12.8 Å². The molecule has 0 aliphatic rings. The number of nitrogens with zero attached hydrogens (tertiary/aromatic N) is 1. The van der Waals surface area contributed by atoms with Gasteiger partial charge in [0.05, 0.1) is 0 Å². The van der Waals surface area contributed by atoms with E-state index in [0.29, 0.717) is 10.8 Å². The van der Waals surface area contributed by atoms with Crippen molar-refractivity contribution in [3.05, 3.63) is 24.3 Å². The maximum atomic E-state index is 10.2. The maximum Gasteiger partial charge on any atom is 0.188 e. The van der Waals surface area contributed by atoms with E-state index in [0.717, 1.165) is 19.3 Å². The highest BCUT2D eigenvalue weighted by Gasteiger charge is 2.17. The fraction of sp³-hybridized carbons (Fsp3) is 0.353. The second kappa shape index (κ2) is 6.97. The molecule has 3 N–H and O–H groups in total. The second-order valence-corrected chi connectivity index (χ2v) is 5.10. The standard InChI is InChI=1S/C17H21NO3/c1-2-3-4-5-8-11-18-14-15(19)12-9-6-7-10-13(12)16(20)17(14)21/h6-7,9-11,19-21H,2-5,8H2,1H3. The smallest absolute Gasteiger partial charge is 0.188 e. The van der Waals surface area contributed by atoms with Crippen LogP contribution >= 0.6 is 0 Å². The van der Waals surface area contributed by atoms with E-state index in [4.69, 9.17) is 0 Å². The molecular formula is C17H21NO3. The molecule has 0 aliphatic heterocycles. The first-order valence-electron chi connectivity index (χ1n) is 7.35. The van der Waals surface area contributed by atoms with Crippen molar-refractivity contribution in [2.24, 2.45) is 4.99 Å². The predicted molar refractivity (Wildman–Crippen MR) is 85.9 cm³/mol. The number of phenols is 3. The number of phenolic OH excluding ortho intramolecular Hbond substituents is 3. The Hall–Kier alpha value is -2.23. The van der Waals surface area contributed by atoms with Gasteiger partial charge in [-0.3, -0.25) is 4.99 Å². The van der Waals surface area contributed by atoms with Crippen molar-refractivity contribution in [3.63, 3.8) is 0 Å². The number of unbranched alkanes of at least 4 members (excludes halogenated alkanes) is 4. The minimum atomic E-state index is -0.379. The third-order valence-electron chi connectivity index (χ3n) is 3.52. The Labute approximate surface area is 124 Å². The van der Waals surface area contributed by atoms with E-state index in [1.54, 1.807) is 30.5 Å². The van der Waals surface area contributed by atoms with Crippen LogP contribution in [0.1, 0.15) is 39.0 Å². The molecule has 0 aromatic heterocycles. The van der Waals surface area contributed by atoms with Gasteiger partial charge in [-0.15, -0.1) is 0 Å². The zero-order valence-corrected chi connectivity index (χ0v) is 12.2. The van der Waals surface area contributed by atoms with Gasteiger partial charge in [0.15, 0.2) is 22.9 Å². The quantitative estimate of drug-likeness (QED) is 0.314. The van der Waals surface area contributed by atoms with Gasteiger partial charge in [-0.2, -0.15) is 0 Å². The molecule has 0 amide bonds. The fourth-order valence-electron chi connectivity index (χ4n) is 2.32. The fourth-order valence-corrected chi connectivity index (χ4v) is 2.32. The molecule has 0 bridgehead atoms. The molecule has 0 saturated heterocycles. The van der Waals surface area contributed by atoms with Crippen molar-refractivity contribution in [2.45, 2.75) is 39.0 Å². The normalized spacial score (nSPS) is 11.5. The zero-order chi connectivity index (χ0) is 15.2. The van der Waals surface area contributed by atoms with Crippen LogP contribution in [0.3, 0.4) is 0 Å². The Morgan fingerprint density at radius 1 is 0.905 bits per heavy atom. The van der Waals surface area contributed by atoms with Gasteiger partial charge in [-0.05, 0) is 12.8 Å². The summed E-state index contributed by atoms with van der Waals surface area (Å²) in [6.45, 7) is 2.15. The SMILES string of the molecule is CCCCCCC=Nc1c(O)c(O)c2ccccc2c1O. The number of benzene rings is 2. The van der Waals surface area contributed by atoms with Gasteiger partial charge in [0.25, 0.3) is 0 Å². The van der Waals surface area contributed by atoms with Crippen LogP contribution in [0.5, 0.6) is 17.2 Å². The van der Waals surface area contributed by atoms with E-state index in [9.17, 15) is 15.3 Å². The lowest BCUT2D eigenvalue weighted by molar-refractivity contribution is 0.404. The highest BCUT2D eigenvalue weighted by atomic mass is 16.3. The molecule has 0 radical (unpaired) electrons. The minimum absolute atomic E-state index is 0.0293. The first-order valence-corrected chi connectivity index (χ1v) is 7.35. The van der Waals surface area contributed by atoms with E-state index in [1.807, 2.05) is 0 Å². The molecule has 2 aromatic carbocycles. The van der Waals surface area contributed by atoms with E-state index < -0.39 is 0 Å². The molecule has 4 nitrogen and oxygen atoms in total. The lowest BCUT2D eigenvalue weighted by atomic mass is 10.1. The summed E-state index contributed by atoms with van der Waals surface area (Å²) in [4.78, 5) is 4.13. The molecule has 0 saturated carbocycles. The topological polar surface area (TPSA) is 73.1 Å². The number of aliphatic imine (C=N–C) groups is 1. The average molecular weight is 287 g/mol. The lowest BCUT2D eigenvalue weighted by Crippen LogP contribution is -1.82. The van der Waals surface area contributed by atoms with Crippen LogP contribution in [0.2, 0.25) is 0 Å². The van der Waals surface area contributed by atoms with Crippen LogP contribution in [-0.4, -0.2) is 21.5 Å². The minimum Gasteiger partial charge on any atom is -0.505 e. The van der Waals surface area contributed by atoms with Gasteiger partial charge in [-0.25, -0.2) is 0 Å². The van der Waals surface area contributed by atoms with Crippen molar-refractivity contribution in [2.75, 3.05) is 0 Å². The van der Waals surface area contributed by atoms with Gasteiger partial charge in [-0.1, -0.05) is 50.5 Å². The lowest BCUT2D eigenvalue weighted by Gasteiger charge is -2.09. The van der Waals surface area contributed by atoms with Gasteiger partial charge in [0.2, 0.25) is 0 Å². The second-order valence-electron chi connectivity index (χ2n) is 5.10. The van der Waals surface area contributed by atoms with Crippen molar-refractivity contribution < 1.29 is 15.3 Å². The first kappa shape index (κ1) is 15.2. The van der Waals surface area contributed by atoms with Crippen molar-refractivity contribution in [1.29, 1.82) is 0 Å². The van der Waals surface area contributed by atoms with Crippen molar-refractivity contribution in [3.8, 4) is 17.2 Å². The van der Waals surface area contributed by atoms with Gasteiger partial charge >= 0.3 is 0 Å². The van der Waals surface area contributed by atoms with Gasteiger partial charge in [0, 0.05) is 17.0 Å². The number of aromatic hydroxyl groups is 3. The van der Waals surface area contributed by atoms with Crippen LogP contribution < -0.4 is 0 Å². The highest BCUT2D eigenvalue weighted by molar-refractivity contribution is 6.00. The molecule has 112 valence electrons. The van der Waals surface area contributed by atoms with Crippen LogP contribution in [0, 0.1) is 0 Å². The van der Waals surface area contributed by atoms with Crippen LogP contribution in [0.25, 0.3) is 10.8 Å². The summed E-state index contributed by atoms with van der Waals surface area (Å²) < 4.78 is 0. The molecule has 0 heterocycles. The van der Waals surface area contributed by atoms with E-state index in [-0.39, 0.29) is 22.9 Å². The summed E-state index contributed by atoms with van der Waals surface area (Å²) >= 11 is 0. The maximum absolute atomic E-state index is 10.2. The zero-order valence-electron chi connectivity index (χ0n) is 12.2. The number of hydrogen-bond acceptors (Lipinski definition) is 4. The molecule has 0 spiro atoms. The number of fused-ring (bicyclic) bond motifs is 1. The molecule has 0 atom stereocenters. The Balaban J connectivity index is 2.25. The molecule has 4 heteroatoms. The van der Waals surface area contributed by atoms with Crippen molar-refractivity contribution >= 4 is 22.7 Å². The Bertz CT molecular complexity index is 650. The Morgan fingerprint density at radius 2 is 1.57 bits per heavy atom. The number of rotatable bonds is 6. The Morgan fingerprint density at radius 3 is 2.24 bits per heavy atom. The molecule has 21 heavy (non-hydrogen) atoms. The van der Waals surface area contributed by atoms with Crippen LogP contribution in [-0.2, 0) is 0 Å². The largest absolute Gasteiger partial charge is 0.505 e.